The Kier molecular flexibility index (Phi) is 5.64. The van der Waals surface area contributed by atoms with Crippen molar-refractivity contribution in [1.29, 1.82) is 0 Å². The first-order valence-corrected chi connectivity index (χ1v) is 8.32. The van der Waals surface area contributed by atoms with E-state index < -0.39 is 0 Å². The maximum Gasteiger partial charge on any atom is 0.0959 e. The van der Waals surface area contributed by atoms with E-state index in [2.05, 4.69) is 24.5 Å². The van der Waals surface area contributed by atoms with Gasteiger partial charge >= 0.3 is 0 Å². The Morgan fingerprint density at radius 2 is 2.06 bits per heavy atom. The lowest BCUT2D eigenvalue weighted by Crippen LogP contribution is -2.18. The molecule has 1 fully saturated rings. The highest BCUT2D eigenvalue weighted by atomic mass is 32.1. The summed E-state index contributed by atoms with van der Waals surface area (Å²) in [7, 11) is 0. The van der Waals surface area contributed by atoms with Gasteiger partial charge in [0.2, 0.25) is 0 Å². The van der Waals surface area contributed by atoms with Gasteiger partial charge in [-0.3, -0.25) is 0 Å². The summed E-state index contributed by atoms with van der Waals surface area (Å²) in [5, 5.41) is 7.10. The van der Waals surface area contributed by atoms with Gasteiger partial charge in [-0.25, -0.2) is 4.98 Å². The standard InChI is InChI=1S/C15H26N2S/c1-3-9-16-10-8-14-11-18-15(17-14)13-6-4-12(2)5-7-13/h11-13,16H,3-10H2,1-2H3. The SMILES string of the molecule is CCCNCCc1csc(C2CCC(C)CC2)n1. The summed E-state index contributed by atoms with van der Waals surface area (Å²) in [5.74, 6) is 1.68. The van der Waals surface area contributed by atoms with E-state index in [0.29, 0.717) is 0 Å². The number of hydrogen-bond acceptors (Lipinski definition) is 3. The maximum atomic E-state index is 4.84. The predicted molar refractivity (Wildman–Crippen MR) is 79.4 cm³/mol. The van der Waals surface area contributed by atoms with E-state index in [1.54, 1.807) is 0 Å². The number of hydrogen-bond donors (Lipinski definition) is 1. The summed E-state index contributed by atoms with van der Waals surface area (Å²) < 4.78 is 0. The lowest BCUT2D eigenvalue weighted by atomic mass is 9.83. The molecular formula is C15H26N2S. The van der Waals surface area contributed by atoms with Gasteiger partial charge in [-0.15, -0.1) is 11.3 Å². The molecule has 0 aromatic carbocycles. The van der Waals surface area contributed by atoms with Crippen LogP contribution in [0, 0.1) is 5.92 Å². The normalized spacial score (nSPS) is 24.3. The van der Waals surface area contributed by atoms with Crippen molar-refractivity contribution < 1.29 is 0 Å². The zero-order chi connectivity index (χ0) is 12.8. The minimum Gasteiger partial charge on any atom is -0.316 e. The van der Waals surface area contributed by atoms with Gasteiger partial charge in [-0.2, -0.15) is 0 Å². The molecule has 1 heterocycles. The molecule has 0 spiro atoms. The average Bonchev–Trinajstić information content (AvgIpc) is 2.84. The molecule has 1 saturated carbocycles. The van der Waals surface area contributed by atoms with E-state index in [0.717, 1.165) is 31.3 Å². The fourth-order valence-electron chi connectivity index (χ4n) is 2.65. The monoisotopic (exact) mass is 266 g/mol. The Bertz CT molecular complexity index is 340. The smallest absolute Gasteiger partial charge is 0.0959 e. The third-order valence-electron chi connectivity index (χ3n) is 3.92. The third kappa shape index (κ3) is 4.06. The van der Waals surface area contributed by atoms with Crippen LogP contribution >= 0.6 is 11.3 Å². The molecule has 18 heavy (non-hydrogen) atoms. The quantitative estimate of drug-likeness (QED) is 0.788. The van der Waals surface area contributed by atoms with Crippen molar-refractivity contribution in [2.75, 3.05) is 13.1 Å². The van der Waals surface area contributed by atoms with E-state index in [1.165, 1.54) is 42.8 Å². The van der Waals surface area contributed by atoms with Crippen LogP contribution in [0.25, 0.3) is 0 Å². The highest BCUT2D eigenvalue weighted by Gasteiger charge is 2.21. The van der Waals surface area contributed by atoms with Gasteiger partial charge < -0.3 is 5.32 Å². The van der Waals surface area contributed by atoms with Crippen molar-refractivity contribution in [3.05, 3.63) is 16.1 Å². The molecule has 102 valence electrons. The van der Waals surface area contributed by atoms with Crippen LogP contribution in [0.1, 0.15) is 62.6 Å². The summed E-state index contributed by atoms with van der Waals surface area (Å²) in [6, 6.07) is 0. The number of nitrogens with one attached hydrogen (secondary N) is 1. The molecule has 0 aliphatic heterocycles. The Morgan fingerprint density at radius 3 is 2.78 bits per heavy atom. The van der Waals surface area contributed by atoms with Crippen molar-refractivity contribution in [3.8, 4) is 0 Å². The molecule has 1 N–H and O–H groups in total. The Balaban J connectivity index is 1.78. The van der Waals surface area contributed by atoms with Crippen LogP contribution in [0.15, 0.2) is 5.38 Å². The van der Waals surface area contributed by atoms with Gasteiger partial charge in [0, 0.05) is 24.3 Å². The van der Waals surface area contributed by atoms with Crippen LogP contribution < -0.4 is 5.32 Å². The Hall–Kier alpha value is -0.410. The molecule has 0 radical (unpaired) electrons. The summed E-state index contributed by atoms with van der Waals surface area (Å²) in [4.78, 5) is 4.84. The zero-order valence-corrected chi connectivity index (χ0v) is 12.6. The van der Waals surface area contributed by atoms with Crippen LogP contribution in [0.4, 0.5) is 0 Å². The highest BCUT2D eigenvalue weighted by Crippen LogP contribution is 2.36. The van der Waals surface area contributed by atoms with Gasteiger partial charge in [0.1, 0.15) is 0 Å². The molecule has 3 heteroatoms. The summed E-state index contributed by atoms with van der Waals surface area (Å²) in [6.45, 7) is 6.77. The molecule has 2 rings (SSSR count). The number of aromatic nitrogens is 1. The first-order chi connectivity index (χ1) is 8.79. The van der Waals surface area contributed by atoms with Crippen molar-refractivity contribution in [3.63, 3.8) is 0 Å². The fourth-order valence-corrected chi connectivity index (χ4v) is 3.68. The molecule has 0 bridgehead atoms. The van der Waals surface area contributed by atoms with Crippen molar-refractivity contribution >= 4 is 11.3 Å². The maximum absolute atomic E-state index is 4.84. The molecule has 0 unspecified atom stereocenters. The van der Waals surface area contributed by atoms with Crippen LogP contribution in [0.5, 0.6) is 0 Å². The highest BCUT2D eigenvalue weighted by molar-refractivity contribution is 7.09. The lowest BCUT2D eigenvalue weighted by Gasteiger charge is -2.24. The second-order valence-corrected chi connectivity index (χ2v) is 6.52. The largest absolute Gasteiger partial charge is 0.316 e. The van der Waals surface area contributed by atoms with Crippen LogP contribution in [-0.4, -0.2) is 18.1 Å². The molecular weight excluding hydrogens is 240 g/mol. The summed E-state index contributed by atoms with van der Waals surface area (Å²) in [5.41, 5.74) is 1.29. The van der Waals surface area contributed by atoms with Crippen LogP contribution in [-0.2, 0) is 6.42 Å². The van der Waals surface area contributed by atoms with E-state index in [4.69, 9.17) is 4.98 Å². The number of rotatable bonds is 6. The molecule has 1 aromatic rings. The fraction of sp³-hybridized carbons (Fsp3) is 0.800. The topological polar surface area (TPSA) is 24.9 Å². The molecule has 1 aliphatic rings. The van der Waals surface area contributed by atoms with E-state index in [1.807, 2.05) is 11.3 Å². The van der Waals surface area contributed by atoms with Gasteiger partial charge in [0.15, 0.2) is 0 Å². The van der Waals surface area contributed by atoms with Gasteiger partial charge in [0.25, 0.3) is 0 Å². The van der Waals surface area contributed by atoms with Gasteiger partial charge in [-0.1, -0.05) is 26.7 Å². The molecule has 1 aromatic heterocycles. The molecule has 1 aliphatic carbocycles. The zero-order valence-electron chi connectivity index (χ0n) is 11.7. The van der Waals surface area contributed by atoms with Crippen molar-refractivity contribution in [1.82, 2.24) is 10.3 Å². The first-order valence-electron chi connectivity index (χ1n) is 7.44. The van der Waals surface area contributed by atoms with Crippen LogP contribution in [0.2, 0.25) is 0 Å². The van der Waals surface area contributed by atoms with Crippen molar-refractivity contribution in [2.45, 2.75) is 58.3 Å². The van der Waals surface area contributed by atoms with E-state index in [9.17, 15) is 0 Å². The minimum atomic E-state index is 0.753. The van der Waals surface area contributed by atoms with Crippen molar-refractivity contribution in [2.24, 2.45) is 5.92 Å². The lowest BCUT2D eigenvalue weighted by molar-refractivity contribution is 0.347. The van der Waals surface area contributed by atoms with E-state index >= 15 is 0 Å². The molecule has 2 nitrogen and oxygen atoms in total. The summed E-state index contributed by atoms with van der Waals surface area (Å²) in [6.07, 6.45) is 7.77. The first kappa shape index (κ1) is 14.0. The number of thiazole rings is 1. The second kappa shape index (κ2) is 7.25. The third-order valence-corrected chi connectivity index (χ3v) is 4.98. The molecule has 0 atom stereocenters. The minimum absolute atomic E-state index is 0.753. The summed E-state index contributed by atoms with van der Waals surface area (Å²) >= 11 is 1.88. The Morgan fingerprint density at radius 1 is 1.28 bits per heavy atom. The number of nitrogens with zero attached hydrogens (tertiary/aromatic N) is 1. The second-order valence-electron chi connectivity index (χ2n) is 5.63. The Labute approximate surface area is 115 Å². The molecule has 0 saturated heterocycles. The van der Waals surface area contributed by atoms with E-state index in [-0.39, 0.29) is 0 Å². The van der Waals surface area contributed by atoms with Crippen LogP contribution in [0.3, 0.4) is 0 Å². The molecule has 0 amide bonds. The van der Waals surface area contributed by atoms with Gasteiger partial charge in [0.05, 0.1) is 10.7 Å². The van der Waals surface area contributed by atoms with Gasteiger partial charge in [-0.05, 0) is 31.7 Å². The average molecular weight is 266 g/mol. The predicted octanol–water partition coefficient (Wildman–Crippen LogP) is 3.98.